The maximum Gasteiger partial charge on any atom is 0.573 e. The molecule has 2 heterocycles. The zero-order valence-corrected chi connectivity index (χ0v) is 10.7. The van der Waals surface area contributed by atoms with Crippen molar-refractivity contribution in [2.45, 2.75) is 49.9 Å². The summed E-state index contributed by atoms with van der Waals surface area (Å²) >= 11 is 0. The quantitative estimate of drug-likeness (QED) is 0.908. The van der Waals surface area contributed by atoms with Crippen LogP contribution >= 0.6 is 0 Å². The maximum atomic E-state index is 12.5. The highest BCUT2D eigenvalue weighted by Crippen LogP contribution is 2.46. The van der Waals surface area contributed by atoms with Gasteiger partial charge in [-0.2, -0.15) is 0 Å². The van der Waals surface area contributed by atoms with E-state index in [4.69, 9.17) is 4.74 Å². The van der Waals surface area contributed by atoms with Crippen LogP contribution in [0.5, 0.6) is 5.75 Å². The molecule has 2 fully saturated rings. The summed E-state index contributed by atoms with van der Waals surface area (Å²) in [6, 6.07) is 5.79. The van der Waals surface area contributed by atoms with Gasteiger partial charge in [0.05, 0.1) is 17.8 Å². The SMILES string of the molecule is OC1(c2ccccc2OC(F)(F)F)CC2CCC(C1)O2. The molecule has 0 amide bonds. The molecule has 2 saturated heterocycles. The molecule has 0 radical (unpaired) electrons. The lowest BCUT2D eigenvalue weighted by atomic mass is 9.83. The van der Waals surface area contributed by atoms with Gasteiger partial charge in [-0.1, -0.05) is 18.2 Å². The monoisotopic (exact) mass is 288 g/mol. The maximum absolute atomic E-state index is 12.5. The molecule has 2 bridgehead atoms. The number of benzene rings is 1. The number of fused-ring (bicyclic) bond motifs is 2. The van der Waals surface area contributed by atoms with Gasteiger partial charge in [0.15, 0.2) is 0 Å². The highest BCUT2D eigenvalue weighted by Gasteiger charge is 2.46. The van der Waals surface area contributed by atoms with E-state index < -0.39 is 12.0 Å². The fraction of sp³-hybridized carbons (Fsp3) is 0.571. The lowest BCUT2D eigenvalue weighted by Gasteiger charge is -2.37. The van der Waals surface area contributed by atoms with Gasteiger partial charge in [-0.3, -0.25) is 0 Å². The Morgan fingerprint density at radius 2 is 1.75 bits per heavy atom. The van der Waals surface area contributed by atoms with E-state index in [-0.39, 0.29) is 23.5 Å². The first-order chi connectivity index (χ1) is 9.36. The van der Waals surface area contributed by atoms with Gasteiger partial charge in [-0.25, -0.2) is 0 Å². The smallest absolute Gasteiger partial charge is 0.405 e. The van der Waals surface area contributed by atoms with E-state index in [1.165, 1.54) is 18.2 Å². The second-order valence-corrected chi connectivity index (χ2v) is 5.44. The van der Waals surface area contributed by atoms with E-state index in [1.807, 2.05) is 0 Å². The summed E-state index contributed by atoms with van der Waals surface area (Å²) in [5.74, 6) is -0.330. The molecule has 6 heteroatoms. The van der Waals surface area contributed by atoms with Crippen molar-refractivity contribution in [1.29, 1.82) is 0 Å². The van der Waals surface area contributed by atoms with Crippen LogP contribution in [0.2, 0.25) is 0 Å². The van der Waals surface area contributed by atoms with Crippen LogP contribution in [0.25, 0.3) is 0 Å². The average molecular weight is 288 g/mol. The molecule has 1 aromatic carbocycles. The van der Waals surface area contributed by atoms with E-state index >= 15 is 0 Å². The Bertz CT molecular complexity index is 489. The topological polar surface area (TPSA) is 38.7 Å². The van der Waals surface area contributed by atoms with Crippen LogP contribution in [-0.4, -0.2) is 23.7 Å². The number of ether oxygens (including phenoxy) is 2. The van der Waals surface area contributed by atoms with Gasteiger partial charge < -0.3 is 14.6 Å². The summed E-state index contributed by atoms with van der Waals surface area (Å²) in [5.41, 5.74) is -1.12. The Kier molecular flexibility index (Phi) is 3.17. The van der Waals surface area contributed by atoms with Crippen molar-refractivity contribution >= 4 is 0 Å². The van der Waals surface area contributed by atoms with Crippen molar-refractivity contribution in [3.63, 3.8) is 0 Å². The molecule has 0 aliphatic carbocycles. The molecule has 2 aliphatic rings. The molecule has 0 spiro atoms. The number of alkyl halides is 3. The first-order valence-electron chi connectivity index (χ1n) is 6.59. The third kappa shape index (κ3) is 2.62. The summed E-state index contributed by atoms with van der Waals surface area (Å²) in [4.78, 5) is 0. The van der Waals surface area contributed by atoms with E-state index in [0.29, 0.717) is 12.8 Å². The van der Waals surface area contributed by atoms with Gasteiger partial charge in [0.25, 0.3) is 0 Å². The van der Waals surface area contributed by atoms with Crippen LogP contribution in [0.15, 0.2) is 24.3 Å². The molecule has 20 heavy (non-hydrogen) atoms. The van der Waals surface area contributed by atoms with Crippen LogP contribution < -0.4 is 4.74 Å². The van der Waals surface area contributed by atoms with Crippen LogP contribution in [0.1, 0.15) is 31.2 Å². The van der Waals surface area contributed by atoms with Gasteiger partial charge in [0.1, 0.15) is 5.75 Å². The van der Waals surface area contributed by atoms with Crippen molar-refractivity contribution in [3.8, 4) is 5.75 Å². The minimum absolute atomic E-state index is 0.0855. The number of halogens is 3. The number of hydrogen-bond acceptors (Lipinski definition) is 3. The predicted octanol–water partition coefficient (Wildman–Crippen LogP) is 3.11. The van der Waals surface area contributed by atoms with E-state index in [9.17, 15) is 18.3 Å². The van der Waals surface area contributed by atoms with Gasteiger partial charge in [0, 0.05) is 18.4 Å². The second-order valence-electron chi connectivity index (χ2n) is 5.44. The Morgan fingerprint density at radius 1 is 1.15 bits per heavy atom. The van der Waals surface area contributed by atoms with Crippen molar-refractivity contribution < 1.29 is 27.8 Å². The van der Waals surface area contributed by atoms with Crippen molar-refractivity contribution in [2.75, 3.05) is 0 Å². The third-order valence-corrected chi connectivity index (χ3v) is 3.94. The summed E-state index contributed by atoms with van der Waals surface area (Å²) in [5, 5.41) is 10.8. The van der Waals surface area contributed by atoms with Crippen molar-refractivity contribution in [1.82, 2.24) is 0 Å². The van der Waals surface area contributed by atoms with Crippen molar-refractivity contribution in [2.24, 2.45) is 0 Å². The Labute approximate surface area is 114 Å². The first-order valence-corrected chi connectivity index (χ1v) is 6.59. The van der Waals surface area contributed by atoms with Gasteiger partial charge in [-0.15, -0.1) is 13.2 Å². The molecular formula is C14H15F3O3. The highest BCUT2D eigenvalue weighted by atomic mass is 19.4. The molecule has 0 saturated carbocycles. The van der Waals surface area contributed by atoms with Gasteiger partial charge >= 0.3 is 6.36 Å². The molecule has 110 valence electrons. The average Bonchev–Trinajstić information content (AvgIpc) is 2.68. The molecule has 2 unspecified atom stereocenters. The van der Waals surface area contributed by atoms with E-state index in [1.54, 1.807) is 6.07 Å². The van der Waals surface area contributed by atoms with Crippen LogP contribution in [-0.2, 0) is 10.3 Å². The molecular weight excluding hydrogens is 273 g/mol. The van der Waals surface area contributed by atoms with Crippen LogP contribution in [0, 0.1) is 0 Å². The number of rotatable bonds is 2. The largest absolute Gasteiger partial charge is 0.573 e. The van der Waals surface area contributed by atoms with Gasteiger partial charge in [0.2, 0.25) is 0 Å². The zero-order valence-electron chi connectivity index (χ0n) is 10.7. The number of aliphatic hydroxyl groups is 1. The molecule has 0 aromatic heterocycles. The molecule has 2 atom stereocenters. The Balaban J connectivity index is 1.93. The fourth-order valence-electron chi connectivity index (χ4n) is 3.20. The summed E-state index contributed by atoms with van der Waals surface area (Å²) < 4.78 is 47.0. The zero-order chi connectivity index (χ0) is 14.4. The normalized spacial score (nSPS) is 33.2. The second kappa shape index (κ2) is 4.63. The molecule has 1 aromatic rings. The highest BCUT2D eigenvalue weighted by molar-refractivity contribution is 5.39. The third-order valence-electron chi connectivity index (χ3n) is 3.94. The minimum atomic E-state index is -4.77. The number of hydrogen-bond donors (Lipinski definition) is 1. The summed E-state index contributed by atoms with van der Waals surface area (Å²) in [7, 11) is 0. The fourth-order valence-corrected chi connectivity index (χ4v) is 3.20. The minimum Gasteiger partial charge on any atom is -0.405 e. The standard InChI is InChI=1S/C14H15F3O3/c15-14(16,17)20-12-4-2-1-3-11(12)13(18)7-9-5-6-10(8-13)19-9/h1-4,9-10,18H,5-8H2. The first kappa shape index (κ1) is 13.7. The molecule has 3 nitrogen and oxygen atoms in total. The van der Waals surface area contributed by atoms with Crippen molar-refractivity contribution in [3.05, 3.63) is 29.8 Å². The molecule has 1 N–H and O–H groups in total. The van der Waals surface area contributed by atoms with E-state index in [0.717, 1.165) is 12.8 Å². The predicted molar refractivity (Wildman–Crippen MR) is 64.2 cm³/mol. The molecule has 3 rings (SSSR count). The van der Waals surface area contributed by atoms with Gasteiger partial charge in [-0.05, 0) is 18.9 Å². The summed E-state index contributed by atoms with van der Waals surface area (Å²) in [6.07, 6.45) is -2.64. The lowest BCUT2D eigenvalue weighted by molar-refractivity contribution is -0.275. The Hall–Kier alpha value is -1.27. The summed E-state index contributed by atoms with van der Waals surface area (Å²) in [6.45, 7) is 0. The molecule has 2 aliphatic heterocycles. The lowest BCUT2D eigenvalue weighted by Crippen LogP contribution is -2.39. The van der Waals surface area contributed by atoms with Crippen LogP contribution in [0.3, 0.4) is 0 Å². The van der Waals surface area contributed by atoms with Crippen LogP contribution in [0.4, 0.5) is 13.2 Å². The van der Waals surface area contributed by atoms with E-state index in [2.05, 4.69) is 4.74 Å². The number of para-hydroxylation sites is 1. The Morgan fingerprint density at radius 3 is 2.35 bits per heavy atom.